The number of likely N-dealkylation sites (N-methyl/N-ethyl adjacent to an activating group) is 1. The Bertz CT molecular complexity index is 501. The first kappa shape index (κ1) is 35.0. The second-order valence-electron chi connectivity index (χ2n) is 10.9. The van der Waals surface area contributed by atoms with E-state index in [1.165, 1.54) is 96.3 Å². The lowest BCUT2D eigenvalue weighted by Crippen LogP contribution is -2.37. The van der Waals surface area contributed by atoms with Crippen LogP contribution in [-0.4, -0.2) is 69.8 Å². The zero-order valence-corrected chi connectivity index (χ0v) is 24.4. The number of aliphatic hydroxyl groups excluding tert-OH is 1. The molecule has 0 amide bonds. The van der Waals surface area contributed by atoms with E-state index in [0.29, 0.717) is 17.6 Å². The summed E-state index contributed by atoms with van der Waals surface area (Å²) >= 11 is 0. The molecule has 0 aliphatic rings. The highest BCUT2D eigenvalue weighted by atomic mass is 31.2. The van der Waals surface area contributed by atoms with Crippen molar-refractivity contribution in [3.63, 3.8) is 0 Å². The number of phosphoric ester groups is 1. The van der Waals surface area contributed by atoms with Gasteiger partial charge in [-0.2, -0.15) is 0 Å². The van der Waals surface area contributed by atoms with E-state index < -0.39 is 20.5 Å². The predicted molar refractivity (Wildman–Crippen MR) is 143 cm³/mol. The molecule has 7 nitrogen and oxygen atoms in total. The summed E-state index contributed by atoms with van der Waals surface area (Å²) in [6.45, 7) is 3.01. The van der Waals surface area contributed by atoms with Gasteiger partial charge in [-0.25, -0.2) is 0 Å². The molecular weight excluding hydrogens is 465 g/mol. The zero-order chi connectivity index (χ0) is 26.3. The Morgan fingerprint density at radius 3 is 1.57 bits per heavy atom. The maximum Gasteiger partial charge on any atom is 0.268 e. The number of rotatable bonds is 27. The summed E-state index contributed by atoms with van der Waals surface area (Å²) < 4.78 is 27.8. The Kier molecular flexibility index (Phi) is 23.1. The van der Waals surface area contributed by atoms with Crippen LogP contribution >= 0.6 is 7.82 Å². The van der Waals surface area contributed by atoms with Gasteiger partial charge in [-0.3, -0.25) is 4.57 Å². The number of ether oxygens (including phenoxy) is 1. The first-order valence-electron chi connectivity index (χ1n) is 14.3. The van der Waals surface area contributed by atoms with Crippen molar-refractivity contribution in [2.75, 3.05) is 54.1 Å². The summed E-state index contributed by atoms with van der Waals surface area (Å²) in [6.07, 6.45) is 21.6. The van der Waals surface area contributed by atoms with Gasteiger partial charge in [0.1, 0.15) is 19.3 Å². The minimum absolute atomic E-state index is 0.0419. The Morgan fingerprint density at radius 2 is 1.17 bits per heavy atom. The SMILES string of the molecule is CCCCCCCCCCCCCCCCCCCOCC(CO)OP(=O)([O-])OCC[N+](C)(C)C. The summed E-state index contributed by atoms with van der Waals surface area (Å²) in [7, 11) is 1.40. The first-order valence-corrected chi connectivity index (χ1v) is 15.8. The normalized spacial score (nSPS) is 14.8. The van der Waals surface area contributed by atoms with E-state index in [4.69, 9.17) is 13.8 Å². The summed E-state index contributed by atoms with van der Waals surface area (Å²) in [5.74, 6) is 0. The third-order valence-corrected chi connectivity index (χ3v) is 7.24. The number of nitrogens with zero attached hydrogens (tertiary/aromatic N) is 1. The van der Waals surface area contributed by atoms with Gasteiger partial charge in [0.15, 0.2) is 0 Å². The molecule has 0 spiro atoms. The summed E-state index contributed by atoms with van der Waals surface area (Å²) in [4.78, 5) is 11.9. The van der Waals surface area contributed by atoms with Gasteiger partial charge in [0.25, 0.3) is 7.82 Å². The molecule has 0 aliphatic carbocycles. The lowest BCUT2D eigenvalue weighted by Gasteiger charge is -2.29. The zero-order valence-electron chi connectivity index (χ0n) is 23.5. The van der Waals surface area contributed by atoms with Crippen LogP contribution < -0.4 is 4.89 Å². The molecule has 0 aromatic carbocycles. The second-order valence-corrected chi connectivity index (χ2v) is 12.3. The minimum atomic E-state index is -4.45. The molecule has 0 bridgehead atoms. The molecule has 2 unspecified atom stereocenters. The molecule has 0 fully saturated rings. The van der Waals surface area contributed by atoms with E-state index in [-0.39, 0.29) is 13.2 Å². The smallest absolute Gasteiger partial charge is 0.268 e. The van der Waals surface area contributed by atoms with Gasteiger partial charge < -0.3 is 28.3 Å². The highest BCUT2D eigenvalue weighted by Gasteiger charge is 2.19. The molecule has 1 N–H and O–H groups in total. The fourth-order valence-corrected chi connectivity index (χ4v) is 4.76. The van der Waals surface area contributed by atoms with Crippen LogP contribution in [0.5, 0.6) is 0 Å². The van der Waals surface area contributed by atoms with Crippen LogP contribution in [0.1, 0.15) is 116 Å². The molecule has 8 heteroatoms. The van der Waals surface area contributed by atoms with E-state index in [1.54, 1.807) is 0 Å². The molecule has 0 aromatic rings. The van der Waals surface area contributed by atoms with Gasteiger partial charge >= 0.3 is 0 Å². The van der Waals surface area contributed by atoms with Crippen molar-refractivity contribution >= 4 is 7.82 Å². The van der Waals surface area contributed by atoms with Gasteiger partial charge in [-0.05, 0) is 6.42 Å². The van der Waals surface area contributed by atoms with Gasteiger partial charge in [0.05, 0.1) is 34.4 Å². The largest absolute Gasteiger partial charge is 0.756 e. The fourth-order valence-electron chi connectivity index (χ4n) is 3.90. The topological polar surface area (TPSA) is 88.0 Å². The molecule has 0 rings (SSSR count). The Labute approximate surface area is 217 Å². The van der Waals surface area contributed by atoms with Crippen molar-refractivity contribution in [3.8, 4) is 0 Å². The lowest BCUT2D eigenvalue weighted by atomic mass is 10.0. The summed E-state index contributed by atoms with van der Waals surface area (Å²) in [5, 5.41) is 9.37. The maximum absolute atomic E-state index is 11.9. The van der Waals surface area contributed by atoms with Crippen LogP contribution in [-0.2, 0) is 18.3 Å². The second kappa shape index (κ2) is 23.1. The van der Waals surface area contributed by atoms with Crippen molar-refractivity contribution < 1.29 is 32.8 Å². The predicted octanol–water partition coefficient (Wildman–Crippen LogP) is 6.22. The van der Waals surface area contributed by atoms with E-state index in [2.05, 4.69) is 6.92 Å². The van der Waals surface area contributed by atoms with Crippen LogP contribution in [0.2, 0.25) is 0 Å². The molecule has 0 radical (unpaired) electrons. The lowest BCUT2D eigenvalue weighted by molar-refractivity contribution is -0.870. The van der Waals surface area contributed by atoms with Gasteiger partial charge in [-0.15, -0.1) is 0 Å². The van der Waals surface area contributed by atoms with Gasteiger partial charge in [-0.1, -0.05) is 110 Å². The molecule has 0 saturated heterocycles. The number of hydrogen-bond acceptors (Lipinski definition) is 6. The molecule has 0 heterocycles. The highest BCUT2D eigenvalue weighted by molar-refractivity contribution is 7.45. The van der Waals surface area contributed by atoms with E-state index in [0.717, 1.165) is 12.8 Å². The summed E-state index contributed by atoms with van der Waals surface area (Å²) in [5.41, 5.74) is 0. The third kappa shape index (κ3) is 26.9. The van der Waals surface area contributed by atoms with E-state index in [1.807, 2.05) is 21.1 Å². The Hall–Kier alpha value is -0.0100. The van der Waals surface area contributed by atoms with Crippen molar-refractivity contribution in [1.82, 2.24) is 0 Å². The number of aliphatic hydroxyl groups is 1. The third-order valence-electron chi connectivity index (χ3n) is 6.19. The van der Waals surface area contributed by atoms with Crippen molar-refractivity contribution in [2.45, 2.75) is 122 Å². The standard InChI is InChI=1S/C27H58NO6P/c1-5-6-7-8-9-10-11-12-13-14-15-16-17-18-19-20-21-23-32-26-27(25-29)34-35(30,31)33-24-22-28(2,3)4/h27,29H,5-26H2,1-4H3. The van der Waals surface area contributed by atoms with Crippen LogP contribution in [0, 0.1) is 0 Å². The number of unbranched alkanes of at least 4 members (excludes halogenated alkanes) is 16. The van der Waals surface area contributed by atoms with Gasteiger partial charge in [0, 0.05) is 6.61 Å². The van der Waals surface area contributed by atoms with Crippen LogP contribution in [0.4, 0.5) is 0 Å². The number of quaternary nitrogens is 1. The molecule has 2 atom stereocenters. The molecule has 0 aliphatic heterocycles. The van der Waals surface area contributed by atoms with E-state index in [9.17, 15) is 14.6 Å². The molecule has 212 valence electrons. The van der Waals surface area contributed by atoms with Gasteiger partial charge in [0.2, 0.25) is 0 Å². The molecule has 0 aromatic heterocycles. The Balaban J connectivity index is 3.47. The van der Waals surface area contributed by atoms with E-state index >= 15 is 0 Å². The molecule has 35 heavy (non-hydrogen) atoms. The van der Waals surface area contributed by atoms with Crippen LogP contribution in [0.3, 0.4) is 0 Å². The highest BCUT2D eigenvalue weighted by Crippen LogP contribution is 2.39. The average molecular weight is 524 g/mol. The minimum Gasteiger partial charge on any atom is -0.756 e. The molecule has 0 saturated carbocycles. The van der Waals surface area contributed by atoms with Crippen LogP contribution in [0.25, 0.3) is 0 Å². The van der Waals surface area contributed by atoms with Crippen LogP contribution in [0.15, 0.2) is 0 Å². The number of hydrogen-bond donors (Lipinski definition) is 1. The summed E-state index contributed by atoms with van der Waals surface area (Å²) in [6, 6.07) is 0. The van der Waals surface area contributed by atoms with Crippen molar-refractivity contribution in [1.29, 1.82) is 0 Å². The average Bonchev–Trinajstić information content (AvgIpc) is 2.78. The maximum atomic E-state index is 11.9. The molecular formula is C27H58NO6P. The Morgan fingerprint density at radius 1 is 0.743 bits per heavy atom. The fraction of sp³-hybridized carbons (Fsp3) is 1.00. The quantitative estimate of drug-likeness (QED) is 0.0781. The van der Waals surface area contributed by atoms with Crippen molar-refractivity contribution in [2.24, 2.45) is 0 Å². The number of phosphoric acid groups is 1. The monoisotopic (exact) mass is 523 g/mol. The van der Waals surface area contributed by atoms with Crippen molar-refractivity contribution in [3.05, 3.63) is 0 Å². The first-order chi connectivity index (χ1) is 16.7.